The highest BCUT2D eigenvalue weighted by Crippen LogP contribution is 2.11. The smallest absolute Gasteiger partial charge is 0.328 e. The Bertz CT molecular complexity index is 476. The Morgan fingerprint density at radius 2 is 1.78 bits per heavy atom. The van der Waals surface area contributed by atoms with Crippen LogP contribution in [0, 0.1) is 11.3 Å². The van der Waals surface area contributed by atoms with Crippen LogP contribution in [-0.2, 0) is 29.9 Å². The van der Waals surface area contributed by atoms with Crippen LogP contribution in [0.5, 0.6) is 0 Å². The summed E-state index contributed by atoms with van der Waals surface area (Å²) in [5.41, 5.74) is 0. The molecule has 132 valence electrons. The van der Waals surface area contributed by atoms with Gasteiger partial charge < -0.3 is 15.5 Å². The Kier molecular flexibility index (Phi) is 9.55. The monoisotopic (exact) mass is 346 g/mol. The molecule has 0 heterocycles. The fourth-order valence-corrected chi connectivity index (χ4v) is 3.15. The van der Waals surface area contributed by atoms with Crippen molar-refractivity contribution >= 4 is 34.7 Å². The molecular weight excluding hydrogens is 320 g/mol. The van der Waals surface area contributed by atoms with Gasteiger partial charge in [-0.2, -0.15) is 0 Å². The van der Waals surface area contributed by atoms with Crippen LogP contribution in [0.25, 0.3) is 0 Å². The molecule has 1 unspecified atom stereocenters. The quantitative estimate of drug-likeness (QED) is 0.449. The number of nitrogens with one attached hydrogen (secondary N) is 2. The topological polar surface area (TPSA) is 113 Å². The summed E-state index contributed by atoms with van der Waals surface area (Å²) in [6.07, 6.45) is 1.73. The van der Waals surface area contributed by atoms with Gasteiger partial charge in [-0.1, -0.05) is 13.8 Å². The summed E-state index contributed by atoms with van der Waals surface area (Å²) in [6, 6.07) is -1.00. The van der Waals surface area contributed by atoms with Crippen molar-refractivity contribution in [2.24, 2.45) is 5.92 Å². The van der Waals surface area contributed by atoms with Crippen molar-refractivity contribution < 1.29 is 23.3 Å². The Morgan fingerprint density at radius 3 is 2.17 bits per heavy atom. The first kappa shape index (κ1) is 21.4. The van der Waals surface area contributed by atoms with Gasteiger partial charge in [-0.3, -0.25) is 13.8 Å². The zero-order chi connectivity index (χ0) is 18.2. The lowest BCUT2D eigenvalue weighted by Crippen LogP contribution is -2.49. The molecule has 0 radical (unpaired) electrons. The molecule has 0 aromatic rings. The highest BCUT2D eigenvalue weighted by atomic mass is 32.2. The summed E-state index contributed by atoms with van der Waals surface area (Å²) >= 11 is 0. The number of hydrogen-bond donors (Lipinski definition) is 2. The third-order valence-electron chi connectivity index (χ3n) is 3.01. The first-order valence-electron chi connectivity index (χ1n) is 7.46. The first-order chi connectivity index (χ1) is 10.6. The Morgan fingerprint density at radius 1 is 1.22 bits per heavy atom. The Labute approximate surface area is 139 Å². The van der Waals surface area contributed by atoms with Gasteiger partial charge in [-0.05, 0) is 26.2 Å². The molecule has 0 fully saturated rings. The molecule has 7 nitrogen and oxygen atoms in total. The molecular formula is C15H26N2O5S. The number of hydrogen-bond acceptors (Lipinski definition) is 6. The van der Waals surface area contributed by atoms with E-state index in [1.54, 1.807) is 27.7 Å². The van der Waals surface area contributed by atoms with Crippen molar-refractivity contribution in [2.45, 2.75) is 57.9 Å². The number of amides is 1. The fraction of sp³-hybridized carbons (Fsp3) is 0.733. The minimum absolute atomic E-state index is 0.0344. The molecule has 0 aliphatic heterocycles. The van der Waals surface area contributed by atoms with Crippen molar-refractivity contribution in [2.75, 3.05) is 6.26 Å². The average molecular weight is 346 g/mol. The minimum atomic E-state index is -1.39. The highest BCUT2D eigenvalue weighted by molar-refractivity contribution is 7.85. The van der Waals surface area contributed by atoms with Crippen molar-refractivity contribution in [3.8, 4) is 0 Å². The fourth-order valence-electron chi connectivity index (χ4n) is 2.01. The van der Waals surface area contributed by atoms with Crippen LogP contribution >= 0.6 is 0 Å². The molecule has 0 saturated carbocycles. The van der Waals surface area contributed by atoms with Gasteiger partial charge in [0, 0.05) is 23.5 Å². The van der Waals surface area contributed by atoms with E-state index < -0.39 is 39.8 Å². The maximum absolute atomic E-state index is 12.3. The number of carbonyl (C=O) groups is 3. The molecule has 1 amide bonds. The van der Waals surface area contributed by atoms with Crippen LogP contribution in [-0.4, -0.2) is 51.7 Å². The molecule has 8 heteroatoms. The van der Waals surface area contributed by atoms with Crippen molar-refractivity contribution in [1.82, 2.24) is 5.32 Å². The van der Waals surface area contributed by atoms with Crippen LogP contribution < -0.4 is 5.32 Å². The molecule has 0 aliphatic carbocycles. The largest absolute Gasteiger partial charge is 0.461 e. The SMILES string of the molecule is CC(C)OC(=O)[C@H](CCC(=O)C=N)NC(=O)[C@H](C(C)C)S(C)=O. The molecule has 0 aromatic carbocycles. The van der Waals surface area contributed by atoms with Crippen molar-refractivity contribution in [1.29, 1.82) is 5.41 Å². The number of carbonyl (C=O) groups excluding carboxylic acids is 3. The number of rotatable bonds is 10. The van der Waals surface area contributed by atoms with Gasteiger partial charge in [0.15, 0.2) is 5.78 Å². The zero-order valence-electron chi connectivity index (χ0n) is 14.3. The lowest BCUT2D eigenvalue weighted by atomic mass is 10.1. The molecule has 3 atom stereocenters. The highest BCUT2D eigenvalue weighted by Gasteiger charge is 2.31. The molecule has 0 spiro atoms. The van der Waals surface area contributed by atoms with Crippen molar-refractivity contribution in [3.63, 3.8) is 0 Å². The standard InChI is InChI=1S/C15H26N2O5S/c1-9(2)13(23(5)21)14(19)17-12(7-6-11(18)8-16)15(20)22-10(3)4/h8-10,12-13,16H,6-7H2,1-5H3,(H,17,19)/t12-,13-,23?/m0/s1. The third-order valence-corrected chi connectivity index (χ3v) is 4.49. The summed E-state index contributed by atoms with van der Waals surface area (Å²) < 4.78 is 16.8. The van der Waals surface area contributed by atoms with Gasteiger partial charge in [0.25, 0.3) is 0 Å². The van der Waals surface area contributed by atoms with Gasteiger partial charge in [0.05, 0.1) is 12.3 Å². The second-order valence-electron chi connectivity index (χ2n) is 5.86. The zero-order valence-corrected chi connectivity index (χ0v) is 15.1. The number of Topliss-reactive ketones (excluding diaryl/α,β-unsaturated/α-hetero) is 1. The summed E-state index contributed by atoms with van der Waals surface area (Å²) in [5.74, 6) is -1.75. The third kappa shape index (κ3) is 8.01. The number of esters is 1. The second kappa shape index (κ2) is 10.3. The molecule has 2 N–H and O–H groups in total. The summed E-state index contributed by atoms with van der Waals surface area (Å²) in [5, 5.41) is 8.66. The molecule has 0 bridgehead atoms. The van der Waals surface area contributed by atoms with Crippen LogP contribution in [0.1, 0.15) is 40.5 Å². The molecule has 0 aliphatic rings. The van der Waals surface area contributed by atoms with Crippen LogP contribution in [0.15, 0.2) is 0 Å². The van der Waals surface area contributed by atoms with E-state index in [1.165, 1.54) is 6.26 Å². The Balaban J connectivity index is 5.07. The molecule has 0 saturated heterocycles. The lowest BCUT2D eigenvalue weighted by molar-refractivity contribution is -0.151. The van der Waals surface area contributed by atoms with E-state index in [9.17, 15) is 18.6 Å². The van der Waals surface area contributed by atoms with E-state index in [0.29, 0.717) is 6.21 Å². The second-order valence-corrected chi connectivity index (χ2v) is 7.36. The van der Waals surface area contributed by atoms with Crippen molar-refractivity contribution in [3.05, 3.63) is 0 Å². The maximum Gasteiger partial charge on any atom is 0.328 e. The molecule has 0 aromatic heterocycles. The normalized spacial score (nSPS) is 14.9. The predicted octanol–water partition coefficient (Wildman–Crippen LogP) is 0.825. The van der Waals surface area contributed by atoms with Crippen LogP contribution in [0.2, 0.25) is 0 Å². The van der Waals surface area contributed by atoms with Gasteiger partial charge in [0.2, 0.25) is 5.91 Å². The average Bonchev–Trinajstić information content (AvgIpc) is 2.40. The van der Waals surface area contributed by atoms with E-state index in [2.05, 4.69) is 5.32 Å². The number of ether oxygens (including phenoxy) is 1. The van der Waals surface area contributed by atoms with Crippen LogP contribution in [0.3, 0.4) is 0 Å². The molecule has 23 heavy (non-hydrogen) atoms. The van der Waals surface area contributed by atoms with E-state index >= 15 is 0 Å². The van der Waals surface area contributed by atoms with Gasteiger partial charge in [0.1, 0.15) is 11.3 Å². The first-order valence-corrected chi connectivity index (χ1v) is 9.08. The van der Waals surface area contributed by atoms with E-state index in [1.807, 2.05) is 0 Å². The predicted molar refractivity (Wildman–Crippen MR) is 88.9 cm³/mol. The van der Waals surface area contributed by atoms with Gasteiger partial charge in [-0.15, -0.1) is 0 Å². The summed E-state index contributed by atoms with van der Waals surface area (Å²) in [4.78, 5) is 35.6. The molecule has 0 rings (SSSR count). The lowest BCUT2D eigenvalue weighted by Gasteiger charge is -2.23. The van der Waals surface area contributed by atoms with Gasteiger partial charge in [-0.25, -0.2) is 4.79 Å². The Hall–Kier alpha value is -1.57. The minimum Gasteiger partial charge on any atom is -0.461 e. The summed E-state index contributed by atoms with van der Waals surface area (Å²) in [6.45, 7) is 6.90. The number of ketones is 1. The maximum atomic E-state index is 12.3. The summed E-state index contributed by atoms with van der Waals surface area (Å²) in [7, 11) is -1.39. The van der Waals surface area contributed by atoms with E-state index in [-0.39, 0.29) is 24.9 Å². The van der Waals surface area contributed by atoms with E-state index in [4.69, 9.17) is 10.1 Å². The van der Waals surface area contributed by atoms with E-state index in [0.717, 1.165) is 0 Å². The van der Waals surface area contributed by atoms with Gasteiger partial charge >= 0.3 is 5.97 Å². The van der Waals surface area contributed by atoms with Crippen LogP contribution in [0.4, 0.5) is 0 Å².